The van der Waals surface area contributed by atoms with E-state index in [0.717, 1.165) is 19.0 Å². The number of nitrogens with zero attached hydrogens (tertiary/aromatic N) is 1. The maximum atomic E-state index is 3.42. The highest BCUT2D eigenvalue weighted by Gasteiger charge is 2.15. The molecule has 1 N–H and O–H groups in total. The number of nitrogens with one attached hydrogen (secondary N) is 1. The Bertz CT molecular complexity index is 396. The number of hydrogen-bond donors (Lipinski definition) is 1. The largest absolute Gasteiger partial charge is 0.314 e. The smallest absolute Gasteiger partial charge is 0.0107 e. The minimum atomic E-state index is 0.734. The summed E-state index contributed by atoms with van der Waals surface area (Å²) in [5, 5.41) is 3.42. The second-order valence-electron chi connectivity index (χ2n) is 6.24. The molecule has 0 amide bonds. The molecule has 0 saturated carbocycles. The molecule has 1 aromatic rings. The molecule has 0 aromatic heterocycles. The number of hydrogen-bond acceptors (Lipinski definition) is 2. The summed E-state index contributed by atoms with van der Waals surface area (Å²) in [4.78, 5) is 2.60. The van der Waals surface area contributed by atoms with Gasteiger partial charge in [0.15, 0.2) is 0 Å². The summed E-state index contributed by atoms with van der Waals surface area (Å²) < 4.78 is 0. The third-order valence-corrected chi connectivity index (χ3v) is 4.17. The third-order valence-electron chi connectivity index (χ3n) is 4.17. The number of piperazine rings is 1. The number of rotatable bonds is 4. The molecule has 1 saturated heterocycles. The van der Waals surface area contributed by atoms with Crippen LogP contribution in [0.5, 0.6) is 0 Å². The van der Waals surface area contributed by atoms with Crippen LogP contribution >= 0.6 is 0 Å². The molecule has 1 aliphatic heterocycles. The quantitative estimate of drug-likeness (QED) is 0.895. The second kappa shape index (κ2) is 6.53. The molecule has 1 heterocycles. The van der Waals surface area contributed by atoms with Gasteiger partial charge in [-0.25, -0.2) is 0 Å². The summed E-state index contributed by atoms with van der Waals surface area (Å²) in [6.07, 6.45) is 1.21. The predicted octanol–water partition coefficient (Wildman–Crippen LogP) is 2.70. The van der Waals surface area contributed by atoms with Gasteiger partial charge >= 0.3 is 0 Å². The molecule has 0 spiro atoms. The molecule has 1 aromatic carbocycles. The van der Waals surface area contributed by atoms with E-state index < -0.39 is 0 Å². The Kier molecular flexibility index (Phi) is 5.00. The lowest BCUT2D eigenvalue weighted by atomic mass is 9.92. The zero-order chi connectivity index (χ0) is 13.8. The second-order valence-corrected chi connectivity index (χ2v) is 6.24. The highest BCUT2D eigenvalue weighted by molar-refractivity contribution is 5.37. The van der Waals surface area contributed by atoms with Crippen molar-refractivity contribution < 1.29 is 0 Å². The fraction of sp³-hybridized carbons (Fsp3) is 0.647. The van der Waals surface area contributed by atoms with Gasteiger partial charge in [0.25, 0.3) is 0 Å². The van der Waals surface area contributed by atoms with Crippen molar-refractivity contribution in [3.05, 3.63) is 34.4 Å². The highest BCUT2D eigenvalue weighted by atomic mass is 15.2. The van der Waals surface area contributed by atoms with Crippen molar-refractivity contribution in [3.8, 4) is 0 Å². The maximum Gasteiger partial charge on any atom is 0.0107 e. The zero-order valence-electron chi connectivity index (χ0n) is 12.9. The van der Waals surface area contributed by atoms with Crippen LogP contribution in [-0.4, -0.2) is 37.6 Å². The van der Waals surface area contributed by atoms with E-state index in [1.165, 1.54) is 42.7 Å². The average Bonchev–Trinajstić information content (AvgIpc) is 2.35. The molecule has 0 radical (unpaired) electrons. The Balaban J connectivity index is 1.96. The first-order chi connectivity index (χ1) is 9.06. The van der Waals surface area contributed by atoms with Gasteiger partial charge in [0.2, 0.25) is 0 Å². The van der Waals surface area contributed by atoms with Gasteiger partial charge in [-0.15, -0.1) is 0 Å². The van der Waals surface area contributed by atoms with Gasteiger partial charge in [0, 0.05) is 32.7 Å². The third kappa shape index (κ3) is 4.05. The molecule has 1 atom stereocenters. The van der Waals surface area contributed by atoms with Crippen LogP contribution in [0.4, 0.5) is 0 Å². The Morgan fingerprint density at radius 3 is 2.26 bits per heavy atom. The van der Waals surface area contributed by atoms with Crippen LogP contribution in [-0.2, 0) is 6.42 Å². The van der Waals surface area contributed by atoms with E-state index in [0.29, 0.717) is 0 Å². The molecular weight excluding hydrogens is 232 g/mol. The standard InChI is InChI=1S/C17H28N2/c1-13-9-15(3)17(16(4)10-13)11-14(2)12-19-7-5-18-6-8-19/h9-10,14,18H,5-8,11-12H2,1-4H3. The zero-order valence-corrected chi connectivity index (χ0v) is 12.9. The topological polar surface area (TPSA) is 15.3 Å². The van der Waals surface area contributed by atoms with Crippen LogP contribution in [0.1, 0.15) is 29.2 Å². The van der Waals surface area contributed by atoms with Crippen molar-refractivity contribution in [2.24, 2.45) is 5.92 Å². The summed E-state index contributed by atoms with van der Waals surface area (Å²) in [7, 11) is 0. The lowest BCUT2D eigenvalue weighted by Crippen LogP contribution is -2.45. The van der Waals surface area contributed by atoms with Crippen molar-refractivity contribution in [2.75, 3.05) is 32.7 Å². The van der Waals surface area contributed by atoms with Crippen LogP contribution in [0.15, 0.2) is 12.1 Å². The van der Waals surface area contributed by atoms with Gasteiger partial charge in [-0.2, -0.15) is 0 Å². The van der Waals surface area contributed by atoms with E-state index in [-0.39, 0.29) is 0 Å². The first kappa shape index (κ1) is 14.5. The predicted molar refractivity (Wildman–Crippen MR) is 82.8 cm³/mol. The van der Waals surface area contributed by atoms with Crippen molar-refractivity contribution in [1.82, 2.24) is 10.2 Å². The van der Waals surface area contributed by atoms with Crippen LogP contribution in [0, 0.1) is 26.7 Å². The van der Waals surface area contributed by atoms with E-state index in [2.05, 4.69) is 50.0 Å². The molecule has 0 aliphatic carbocycles. The van der Waals surface area contributed by atoms with E-state index >= 15 is 0 Å². The molecule has 1 unspecified atom stereocenters. The van der Waals surface area contributed by atoms with Crippen molar-refractivity contribution in [2.45, 2.75) is 34.1 Å². The van der Waals surface area contributed by atoms with Crippen molar-refractivity contribution in [1.29, 1.82) is 0 Å². The fourth-order valence-electron chi connectivity index (χ4n) is 3.28. The van der Waals surface area contributed by atoms with Crippen LogP contribution in [0.2, 0.25) is 0 Å². The van der Waals surface area contributed by atoms with Gasteiger partial charge < -0.3 is 10.2 Å². The summed E-state index contributed by atoms with van der Waals surface area (Å²) >= 11 is 0. The van der Waals surface area contributed by atoms with Gasteiger partial charge in [-0.05, 0) is 49.8 Å². The molecule has 2 nitrogen and oxygen atoms in total. The monoisotopic (exact) mass is 260 g/mol. The van der Waals surface area contributed by atoms with Crippen LogP contribution in [0.3, 0.4) is 0 Å². The highest BCUT2D eigenvalue weighted by Crippen LogP contribution is 2.20. The fourth-order valence-corrected chi connectivity index (χ4v) is 3.28. The maximum absolute atomic E-state index is 3.42. The average molecular weight is 260 g/mol. The molecular formula is C17H28N2. The summed E-state index contributed by atoms with van der Waals surface area (Å²) in [5.41, 5.74) is 5.87. The van der Waals surface area contributed by atoms with Crippen LogP contribution in [0.25, 0.3) is 0 Å². The minimum absolute atomic E-state index is 0.734. The Labute approximate surface area is 118 Å². The molecule has 0 bridgehead atoms. The lowest BCUT2D eigenvalue weighted by molar-refractivity contribution is 0.211. The summed E-state index contributed by atoms with van der Waals surface area (Å²) in [5.74, 6) is 0.734. The lowest BCUT2D eigenvalue weighted by Gasteiger charge is -2.30. The first-order valence-electron chi connectivity index (χ1n) is 7.56. The summed E-state index contributed by atoms with van der Waals surface area (Å²) in [6, 6.07) is 4.64. The Morgan fingerprint density at radius 1 is 1.11 bits per heavy atom. The van der Waals surface area contributed by atoms with Gasteiger partial charge in [0.1, 0.15) is 0 Å². The van der Waals surface area contributed by atoms with E-state index in [1.807, 2.05) is 0 Å². The molecule has 2 heteroatoms. The van der Waals surface area contributed by atoms with E-state index in [1.54, 1.807) is 5.56 Å². The van der Waals surface area contributed by atoms with Crippen molar-refractivity contribution >= 4 is 0 Å². The van der Waals surface area contributed by atoms with Gasteiger partial charge in [0.05, 0.1) is 0 Å². The van der Waals surface area contributed by atoms with Crippen LogP contribution < -0.4 is 5.32 Å². The molecule has 106 valence electrons. The van der Waals surface area contributed by atoms with Crippen molar-refractivity contribution in [3.63, 3.8) is 0 Å². The molecule has 1 aliphatic rings. The Morgan fingerprint density at radius 2 is 1.68 bits per heavy atom. The minimum Gasteiger partial charge on any atom is -0.314 e. The van der Waals surface area contributed by atoms with E-state index in [4.69, 9.17) is 0 Å². The molecule has 1 fully saturated rings. The molecule has 19 heavy (non-hydrogen) atoms. The number of benzene rings is 1. The summed E-state index contributed by atoms with van der Waals surface area (Å²) in [6.45, 7) is 15.0. The van der Waals surface area contributed by atoms with Gasteiger partial charge in [-0.3, -0.25) is 0 Å². The van der Waals surface area contributed by atoms with Gasteiger partial charge in [-0.1, -0.05) is 24.6 Å². The Hall–Kier alpha value is -0.860. The number of aryl methyl sites for hydroxylation is 3. The first-order valence-corrected chi connectivity index (χ1v) is 7.56. The molecule has 2 rings (SSSR count). The van der Waals surface area contributed by atoms with E-state index in [9.17, 15) is 0 Å². The normalized spacial score (nSPS) is 18.5. The SMILES string of the molecule is Cc1cc(C)c(CC(C)CN2CCNCC2)c(C)c1.